The number of rotatable bonds is 4. The van der Waals surface area contributed by atoms with E-state index in [1.54, 1.807) is 0 Å². The molecule has 1 amide bonds. The third-order valence-electron chi connectivity index (χ3n) is 5.45. The first-order valence-corrected chi connectivity index (χ1v) is 10.2. The molecule has 1 saturated heterocycles. The molecule has 27 heavy (non-hydrogen) atoms. The van der Waals surface area contributed by atoms with E-state index in [4.69, 9.17) is 4.99 Å². The number of aliphatic imine (C=N–C) groups is 1. The minimum Gasteiger partial charge on any atom is -0.357 e. The lowest BCUT2D eigenvalue weighted by Crippen LogP contribution is -2.54. The Hall–Kier alpha value is -2.12. The lowest BCUT2D eigenvalue weighted by atomic mass is 9.99. The Labute approximate surface area is 162 Å². The van der Waals surface area contributed by atoms with Gasteiger partial charge in [0, 0.05) is 58.2 Å². The molecule has 8 nitrogen and oxygen atoms in total. The zero-order valence-corrected chi connectivity index (χ0v) is 17.1. The molecule has 0 aromatic carbocycles. The quantitative estimate of drug-likeness (QED) is 0.625. The van der Waals surface area contributed by atoms with Crippen molar-refractivity contribution in [3.63, 3.8) is 0 Å². The SMILES string of the molecule is CCNC(=NCC1CCc2nnc(C)n2C1)N1CCN(C(=O)C(C)C)CC1. The van der Waals surface area contributed by atoms with Gasteiger partial charge in [0.15, 0.2) is 5.96 Å². The van der Waals surface area contributed by atoms with Crippen LogP contribution in [0.2, 0.25) is 0 Å². The van der Waals surface area contributed by atoms with Gasteiger partial charge in [-0.3, -0.25) is 9.79 Å². The van der Waals surface area contributed by atoms with E-state index in [2.05, 4.69) is 31.9 Å². The molecule has 3 rings (SSSR count). The summed E-state index contributed by atoms with van der Waals surface area (Å²) in [5.41, 5.74) is 0. The molecular formula is C19H33N7O. The lowest BCUT2D eigenvalue weighted by Gasteiger charge is -2.37. The van der Waals surface area contributed by atoms with Crippen LogP contribution in [0.4, 0.5) is 0 Å². The van der Waals surface area contributed by atoms with Gasteiger partial charge in [0.25, 0.3) is 0 Å². The zero-order valence-electron chi connectivity index (χ0n) is 17.1. The lowest BCUT2D eigenvalue weighted by molar-refractivity contribution is -0.135. The highest BCUT2D eigenvalue weighted by atomic mass is 16.2. The molecule has 8 heteroatoms. The summed E-state index contributed by atoms with van der Waals surface area (Å²) in [6, 6.07) is 0. The first-order chi connectivity index (χ1) is 13.0. The number of carbonyl (C=O) groups is 1. The van der Waals surface area contributed by atoms with Crippen molar-refractivity contribution in [3.8, 4) is 0 Å². The highest BCUT2D eigenvalue weighted by Gasteiger charge is 2.25. The largest absolute Gasteiger partial charge is 0.357 e. The number of guanidine groups is 1. The highest BCUT2D eigenvalue weighted by molar-refractivity contribution is 5.81. The molecule has 150 valence electrons. The van der Waals surface area contributed by atoms with Crippen LogP contribution >= 0.6 is 0 Å². The third-order valence-corrected chi connectivity index (χ3v) is 5.45. The topological polar surface area (TPSA) is 78.7 Å². The fraction of sp³-hybridized carbons (Fsp3) is 0.789. The first kappa shape index (κ1) is 19.6. The van der Waals surface area contributed by atoms with Gasteiger partial charge in [-0.05, 0) is 26.2 Å². The summed E-state index contributed by atoms with van der Waals surface area (Å²) >= 11 is 0. The molecular weight excluding hydrogens is 342 g/mol. The van der Waals surface area contributed by atoms with Crippen LogP contribution in [-0.4, -0.2) is 75.7 Å². The fourth-order valence-electron chi connectivity index (χ4n) is 3.82. The van der Waals surface area contributed by atoms with Gasteiger partial charge in [0.1, 0.15) is 11.6 Å². The van der Waals surface area contributed by atoms with Gasteiger partial charge >= 0.3 is 0 Å². The Balaban J connectivity index is 1.58. The fourth-order valence-corrected chi connectivity index (χ4v) is 3.82. The second-order valence-corrected chi connectivity index (χ2v) is 7.84. The van der Waals surface area contributed by atoms with Crippen molar-refractivity contribution in [2.75, 3.05) is 39.3 Å². The number of aromatic nitrogens is 3. The highest BCUT2D eigenvalue weighted by Crippen LogP contribution is 2.20. The van der Waals surface area contributed by atoms with E-state index in [1.807, 2.05) is 25.7 Å². The number of fused-ring (bicyclic) bond motifs is 1. The van der Waals surface area contributed by atoms with Gasteiger partial charge in [0.2, 0.25) is 5.91 Å². The number of nitrogens with zero attached hydrogens (tertiary/aromatic N) is 6. The second kappa shape index (κ2) is 8.71. The molecule has 1 atom stereocenters. The molecule has 0 radical (unpaired) electrons. The maximum absolute atomic E-state index is 12.2. The summed E-state index contributed by atoms with van der Waals surface area (Å²) in [5.74, 6) is 3.90. The van der Waals surface area contributed by atoms with E-state index in [0.29, 0.717) is 5.92 Å². The van der Waals surface area contributed by atoms with Crippen LogP contribution in [0, 0.1) is 18.8 Å². The van der Waals surface area contributed by atoms with Crippen LogP contribution < -0.4 is 5.32 Å². The van der Waals surface area contributed by atoms with Gasteiger partial charge in [-0.2, -0.15) is 0 Å². The minimum absolute atomic E-state index is 0.0655. The van der Waals surface area contributed by atoms with E-state index in [1.165, 1.54) is 0 Å². The Bertz CT molecular complexity index is 674. The molecule has 1 aromatic rings. The molecule has 0 spiro atoms. The molecule has 3 heterocycles. The monoisotopic (exact) mass is 375 g/mol. The van der Waals surface area contributed by atoms with Crippen LogP contribution in [0.1, 0.15) is 38.8 Å². The van der Waals surface area contributed by atoms with Crippen LogP contribution in [0.25, 0.3) is 0 Å². The van der Waals surface area contributed by atoms with Gasteiger partial charge < -0.3 is 19.7 Å². The molecule has 1 unspecified atom stereocenters. The van der Waals surface area contributed by atoms with E-state index < -0.39 is 0 Å². The van der Waals surface area contributed by atoms with E-state index in [0.717, 1.165) is 76.3 Å². The van der Waals surface area contributed by atoms with Crippen molar-refractivity contribution in [3.05, 3.63) is 11.6 Å². The summed E-state index contributed by atoms with van der Waals surface area (Å²) in [5, 5.41) is 11.9. The second-order valence-electron chi connectivity index (χ2n) is 7.84. The summed E-state index contributed by atoms with van der Waals surface area (Å²) in [6.07, 6.45) is 2.09. The molecule has 1 N–H and O–H groups in total. The van der Waals surface area contributed by atoms with Crippen molar-refractivity contribution in [1.29, 1.82) is 0 Å². The number of piperazine rings is 1. The number of amides is 1. The van der Waals surface area contributed by atoms with Gasteiger partial charge in [-0.1, -0.05) is 13.8 Å². The number of hydrogen-bond donors (Lipinski definition) is 1. The summed E-state index contributed by atoms with van der Waals surface area (Å²) in [7, 11) is 0. The summed E-state index contributed by atoms with van der Waals surface area (Å²) in [4.78, 5) is 21.4. The third kappa shape index (κ3) is 4.59. The normalized spacial score (nSPS) is 20.8. The van der Waals surface area contributed by atoms with Gasteiger partial charge in [-0.25, -0.2) is 0 Å². The smallest absolute Gasteiger partial charge is 0.225 e. The Kier molecular flexibility index (Phi) is 6.34. The van der Waals surface area contributed by atoms with Crippen molar-refractivity contribution in [2.24, 2.45) is 16.8 Å². The molecule has 1 aromatic heterocycles. The minimum atomic E-state index is 0.0655. The molecule has 0 aliphatic carbocycles. The van der Waals surface area contributed by atoms with Gasteiger partial charge in [-0.15, -0.1) is 10.2 Å². The number of aryl methyl sites for hydroxylation is 2. The van der Waals surface area contributed by atoms with Crippen molar-refractivity contribution in [2.45, 2.75) is 47.1 Å². The number of carbonyl (C=O) groups excluding carboxylic acids is 1. The summed E-state index contributed by atoms with van der Waals surface area (Å²) in [6.45, 7) is 13.9. The van der Waals surface area contributed by atoms with Crippen molar-refractivity contribution in [1.82, 2.24) is 29.9 Å². The molecule has 0 saturated carbocycles. The number of nitrogens with one attached hydrogen (secondary N) is 1. The summed E-state index contributed by atoms with van der Waals surface area (Å²) < 4.78 is 2.23. The Morgan fingerprint density at radius 2 is 1.93 bits per heavy atom. The van der Waals surface area contributed by atoms with Crippen LogP contribution in [0.3, 0.4) is 0 Å². The van der Waals surface area contributed by atoms with E-state index in [-0.39, 0.29) is 11.8 Å². The van der Waals surface area contributed by atoms with Crippen molar-refractivity contribution < 1.29 is 4.79 Å². The Morgan fingerprint density at radius 3 is 2.59 bits per heavy atom. The average Bonchev–Trinajstić information content (AvgIpc) is 3.05. The maximum Gasteiger partial charge on any atom is 0.225 e. The van der Waals surface area contributed by atoms with E-state index in [9.17, 15) is 4.79 Å². The molecule has 0 bridgehead atoms. The zero-order chi connectivity index (χ0) is 19.4. The van der Waals surface area contributed by atoms with E-state index >= 15 is 0 Å². The van der Waals surface area contributed by atoms with Crippen LogP contribution in [-0.2, 0) is 17.8 Å². The van der Waals surface area contributed by atoms with Crippen LogP contribution in [0.5, 0.6) is 0 Å². The van der Waals surface area contributed by atoms with Gasteiger partial charge in [0.05, 0.1) is 0 Å². The molecule has 2 aliphatic heterocycles. The maximum atomic E-state index is 12.2. The first-order valence-electron chi connectivity index (χ1n) is 10.2. The van der Waals surface area contributed by atoms with Crippen LogP contribution in [0.15, 0.2) is 4.99 Å². The molecule has 1 fully saturated rings. The van der Waals surface area contributed by atoms with Crippen molar-refractivity contribution >= 4 is 11.9 Å². The average molecular weight is 376 g/mol. The number of hydrogen-bond acceptors (Lipinski definition) is 4. The Morgan fingerprint density at radius 1 is 1.22 bits per heavy atom. The predicted molar refractivity (Wildman–Crippen MR) is 106 cm³/mol. The molecule has 2 aliphatic rings. The predicted octanol–water partition coefficient (Wildman–Crippen LogP) is 0.915. The standard InChI is InChI=1S/C19H33N7O/c1-5-20-19(25-10-8-24(9-11-25)18(27)14(2)3)21-12-16-6-7-17-23-22-15(4)26(17)13-16/h14,16H,5-13H2,1-4H3,(H,20,21).